The van der Waals surface area contributed by atoms with Crippen molar-refractivity contribution < 1.29 is 23.1 Å². The van der Waals surface area contributed by atoms with Gasteiger partial charge in [0.1, 0.15) is 6.04 Å². The van der Waals surface area contributed by atoms with Crippen molar-refractivity contribution in [2.45, 2.75) is 63.1 Å². The molecule has 2 N–H and O–H groups in total. The highest BCUT2D eigenvalue weighted by Crippen LogP contribution is 2.31. The molecule has 8 nitrogen and oxygen atoms in total. The van der Waals surface area contributed by atoms with E-state index in [1.165, 1.54) is 4.90 Å². The number of carbonyl (C=O) groups excluding carboxylic acids is 3. The first-order valence-corrected chi connectivity index (χ1v) is 12.3. The minimum atomic E-state index is -3.75. The van der Waals surface area contributed by atoms with Crippen LogP contribution in [0.1, 0.15) is 60.7 Å². The summed E-state index contributed by atoms with van der Waals surface area (Å²) >= 11 is 0. The normalized spacial score (nSPS) is 20.4. The number of amides is 3. The van der Waals surface area contributed by atoms with E-state index in [1.807, 2.05) is 32.9 Å². The van der Waals surface area contributed by atoms with Gasteiger partial charge in [0.2, 0.25) is 11.8 Å². The van der Waals surface area contributed by atoms with Gasteiger partial charge in [-0.05, 0) is 35.1 Å². The van der Waals surface area contributed by atoms with Gasteiger partial charge >= 0.3 is 0 Å². The summed E-state index contributed by atoms with van der Waals surface area (Å²) in [5, 5.41) is 2.28. The van der Waals surface area contributed by atoms with Crippen LogP contribution in [0.3, 0.4) is 0 Å². The summed E-state index contributed by atoms with van der Waals surface area (Å²) in [6.07, 6.45) is 0.490. The molecule has 0 aromatic heterocycles. The van der Waals surface area contributed by atoms with Crippen molar-refractivity contribution in [2.75, 3.05) is 0 Å². The van der Waals surface area contributed by atoms with E-state index in [0.29, 0.717) is 17.5 Å². The van der Waals surface area contributed by atoms with Gasteiger partial charge in [0.05, 0.1) is 6.54 Å². The number of sulfonamides is 1. The summed E-state index contributed by atoms with van der Waals surface area (Å²) in [6.45, 7) is 6.21. The average Bonchev–Trinajstić information content (AvgIpc) is 3.07. The summed E-state index contributed by atoms with van der Waals surface area (Å²) in [7, 11) is -3.75. The summed E-state index contributed by atoms with van der Waals surface area (Å²) in [4.78, 5) is 38.2. The lowest BCUT2D eigenvalue weighted by Crippen LogP contribution is -2.52. The molecule has 0 radical (unpaired) electrons. The van der Waals surface area contributed by atoms with Crippen molar-refractivity contribution >= 4 is 28.1 Å². The molecule has 2 heterocycles. The number of piperidine rings is 1. The average molecular weight is 470 g/mol. The van der Waals surface area contributed by atoms with E-state index in [9.17, 15) is 23.1 Å². The number of hydrogen-bond donors (Lipinski definition) is 2. The SMILES string of the molecule is CC(C)(C)c1ccccc1[S+](=O)([O-])NCc1ccc2c(c1)CN(C1CCC(=O)NC1=O)C2=O. The molecule has 2 aliphatic rings. The summed E-state index contributed by atoms with van der Waals surface area (Å²) in [5.41, 5.74) is 2.33. The van der Waals surface area contributed by atoms with E-state index < -0.39 is 22.3 Å². The fraction of sp³-hybridized carbons (Fsp3) is 0.375. The van der Waals surface area contributed by atoms with Gasteiger partial charge in [0.15, 0.2) is 15.3 Å². The fourth-order valence-corrected chi connectivity index (χ4v) is 5.75. The minimum absolute atomic E-state index is 0.0701. The fourth-order valence-electron chi connectivity index (χ4n) is 4.31. The van der Waals surface area contributed by atoms with E-state index in [2.05, 4.69) is 10.0 Å². The van der Waals surface area contributed by atoms with E-state index in [4.69, 9.17) is 0 Å². The zero-order valence-corrected chi connectivity index (χ0v) is 19.7. The number of hydrogen-bond acceptors (Lipinski definition) is 5. The maximum Gasteiger partial charge on any atom is 0.255 e. The molecule has 1 fully saturated rings. The van der Waals surface area contributed by atoms with E-state index in [1.54, 1.807) is 30.3 Å². The first kappa shape index (κ1) is 23.3. The van der Waals surface area contributed by atoms with Gasteiger partial charge in [-0.25, -0.2) is 0 Å². The third kappa shape index (κ3) is 4.62. The molecule has 2 atom stereocenters. The molecule has 2 unspecified atom stereocenters. The van der Waals surface area contributed by atoms with Gasteiger partial charge in [-0.2, -0.15) is 0 Å². The van der Waals surface area contributed by atoms with Crippen LogP contribution in [0.15, 0.2) is 47.4 Å². The second kappa shape index (κ2) is 8.48. The monoisotopic (exact) mass is 469 g/mol. The molecule has 9 heteroatoms. The van der Waals surface area contributed by atoms with Crippen molar-refractivity contribution in [1.82, 2.24) is 14.9 Å². The Morgan fingerprint density at radius 2 is 1.88 bits per heavy atom. The third-order valence-electron chi connectivity index (χ3n) is 6.04. The van der Waals surface area contributed by atoms with Crippen LogP contribution in [0.5, 0.6) is 0 Å². The van der Waals surface area contributed by atoms with Gasteiger partial charge in [0, 0.05) is 24.1 Å². The predicted molar refractivity (Wildman–Crippen MR) is 122 cm³/mol. The molecule has 0 saturated carbocycles. The molecular weight excluding hydrogens is 442 g/mol. The lowest BCUT2D eigenvalue weighted by atomic mass is 9.87. The zero-order chi connectivity index (χ0) is 24.0. The lowest BCUT2D eigenvalue weighted by Gasteiger charge is -2.29. The Kier molecular flexibility index (Phi) is 5.98. The van der Waals surface area contributed by atoms with Crippen LogP contribution in [-0.2, 0) is 42.7 Å². The topological polar surface area (TPSA) is 119 Å². The Labute approximate surface area is 194 Å². The molecule has 0 aliphatic carbocycles. The van der Waals surface area contributed by atoms with Crippen LogP contribution in [0.4, 0.5) is 0 Å². The number of fused-ring (bicyclic) bond motifs is 1. The maximum absolute atomic E-state index is 13.0. The Balaban J connectivity index is 1.50. The Bertz CT molecular complexity index is 1190. The summed E-state index contributed by atoms with van der Waals surface area (Å²) in [5.74, 6) is -1.05. The zero-order valence-electron chi connectivity index (χ0n) is 18.8. The molecular formula is C24H27N3O5S. The van der Waals surface area contributed by atoms with Gasteiger partial charge < -0.3 is 9.45 Å². The van der Waals surface area contributed by atoms with E-state index >= 15 is 0 Å². The highest BCUT2D eigenvalue weighted by molar-refractivity contribution is 7.95. The lowest BCUT2D eigenvalue weighted by molar-refractivity contribution is -0.136. The van der Waals surface area contributed by atoms with Crippen molar-refractivity contribution in [3.63, 3.8) is 0 Å². The quantitative estimate of drug-likeness (QED) is 0.515. The third-order valence-corrected chi connectivity index (χ3v) is 7.50. The number of benzene rings is 2. The summed E-state index contributed by atoms with van der Waals surface area (Å²) in [6, 6.07) is 11.4. The highest BCUT2D eigenvalue weighted by atomic mass is 32.3. The van der Waals surface area contributed by atoms with Gasteiger partial charge in [0.25, 0.3) is 5.91 Å². The number of carbonyl (C=O) groups is 3. The van der Waals surface area contributed by atoms with Crippen LogP contribution in [0, 0.1) is 0 Å². The van der Waals surface area contributed by atoms with Crippen LogP contribution in [0.2, 0.25) is 0 Å². The second-order valence-electron chi connectivity index (χ2n) is 9.46. The predicted octanol–water partition coefficient (Wildman–Crippen LogP) is 2.44. The first-order chi connectivity index (χ1) is 15.5. The second-order valence-corrected chi connectivity index (χ2v) is 11.2. The van der Waals surface area contributed by atoms with Crippen LogP contribution < -0.4 is 10.0 Å². The number of nitrogens with one attached hydrogen (secondary N) is 2. The molecule has 2 aromatic carbocycles. The minimum Gasteiger partial charge on any atom is -0.593 e. The molecule has 0 bridgehead atoms. The highest BCUT2D eigenvalue weighted by Gasteiger charge is 2.39. The Morgan fingerprint density at radius 1 is 1.15 bits per heavy atom. The van der Waals surface area contributed by atoms with Gasteiger partial charge in [-0.3, -0.25) is 19.7 Å². The van der Waals surface area contributed by atoms with Crippen LogP contribution in [0.25, 0.3) is 0 Å². The Morgan fingerprint density at radius 3 is 2.58 bits per heavy atom. The first-order valence-electron chi connectivity index (χ1n) is 10.8. The number of nitrogens with zero attached hydrogens (tertiary/aromatic N) is 1. The maximum atomic E-state index is 13.0. The molecule has 174 valence electrons. The molecule has 0 spiro atoms. The van der Waals surface area contributed by atoms with Crippen molar-refractivity contribution in [3.05, 3.63) is 64.7 Å². The molecule has 2 aliphatic heterocycles. The number of imide groups is 1. The molecule has 4 rings (SSSR count). The van der Waals surface area contributed by atoms with E-state index in [0.717, 1.165) is 11.1 Å². The molecule has 33 heavy (non-hydrogen) atoms. The number of rotatable bonds is 5. The van der Waals surface area contributed by atoms with Crippen molar-refractivity contribution in [3.8, 4) is 0 Å². The van der Waals surface area contributed by atoms with Crippen molar-refractivity contribution in [2.24, 2.45) is 0 Å². The Hall–Kier alpha value is -2.88. The van der Waals surface area contributed by atoms with Gasteiger partial charge in [-0.15, -0.1) is 4.72 Å². The van der Waals surface area contributed by atoms with E-state index in [-0.39, 0.29) is 41.6 Å². The largest absolute Gasteiger partial charge is 0.593 e. The van der Waals surface area contributed by atoms with Crippen LogP contribution >= 0.6 is 0 Å². The van der Waals surface area contributed by atoms with Crippen molar-refractivity contribution in [1.29, 1.82) is 0 Å². The smallest absolute Gasteiger partial charge is 0.255 e. The molecule has 2 aromatic rings. The molecule has 3 amide bonds. The summed E-state index contributed by atoms with van der Waals surface area (Å²) < 4.78 is 28.7. The molecule has 1 saturated heterocycles. The van der Waals surface area contributed by atoms with Gasteiger partial charge in [-0.1, -0.05) is 55.3 Å². The standard InChI is InChI=1S/C24H27N3O5S/c1-24(2,3)18-6-4-5-7-20(18)33(31,32)25-13-15-8-9-17-16(12-15)14-27(23(17)30)19-10-11-21(28)26-22(19)29/h4-9,12,19H,10-11,13-14H2,1-3H3,(H2-,25,26,28,29,31,32). The van der Waals surface area contributed by atoms with Crippen LogP contribution in [-0.4, -0.2) is 33.2 Å².